The van der Waals surface area contributed by atoms with Crippen molar-refractivity contribution in [1.29, 1.82) is 0 Å². The van der Waals surface area contributed by atoms with Crippen molar-refractivity contribution in [1.82, 2.24) is 4.98 Å². The molecule has 2 aromatic carbocycles. The first-order chi connectivity index (χ1) is 14.5. The molecule has 7 heteroatoms. The van der Waals surface area contributed by atoms with Gasteiger partial charge in [0.25, 0.3) is 0 Å². The van der Waals surface area contributed by atoms with Gasteiger partial charge in [0.1, 0.15) is 12.4 Å². The van der Waals surface area contributed by atoms with Gasteiger partial charge in [0.15, 0.2) is 5.78 Å². The van der Waals surface area contributed by atoms with Gasteiger partial charge in [-0.25, -0.2) is 8.42 Å². The molecular weight excluding hydrogens is 400 g/mol. The minimum absolute atomic E-state index is 0.0152. The van der Waals surface area contributed by atoms with Crippen LogP contribution < -0.4 is 9.46 Å². The number of anilines is 1. The van der Waals surface area contributed by atoms with Crippen LogP contribution >= 0.6 is 0 Å². The normalized spacial score (nSPS) is 11.4. The summed E-state index contributed by atoms with van der Waals surface area (Å²) in [6, 6.07) is 17.5. The Morgan fingerprint density at radius 3 is 2.53 bits per heavy atom. The zero-order chi connectivity index (χ0) is 21.4. The van der Waals surface area contributed by atoms with Crippen LogP contribution in [0.3, 0.4) is 0 Å². The molecule has 0 saturated heterocycles. The fraction of sp³-hybridized carbons (Fsp3) is 0.130. The van der Waals surface area contributed by atoms with E-state index in [1.165, 1.54) is 6.08 Å². The van der Waals surface area contributed by atoms with E-state index in [1.807, 2.05) is 36.4 Å². The Bertz CT molecular complexity index is 1130. The number of nitrogens with zero attached hydrogens (tertiary/aromatic N) is 1. The van der Waals surface area contributed by atoms with Crippen molar-refractivity contribution in [3.8, 4) is 5.75 Å². The second kappa shape index (κ2) is 9.84. The molecule has 0 aliphatic rings. The van der Waals surface area contributed by atoms with Gasteiger partial charge in [-0.05, 0) is 55.5 Å². The number of benzene rings is 2. The fourth-order valence-corrected chi connectivity index (χ4v) is 3.25. The van der Waals surface area contributed by atoms with Gasteiger partial charge < -0.3 is 4.74 Å². The highest BCUT2D eigenvalue weighted by atomic mass is 32.2. The topological polar surface area (TPSA) is 85.4 Å². The first kappa shape index (κ1) is 21.3. The number of hydrogen-bond donors (Lipinski definition) is 1. The summed E-state index contributed by atoms with van der Waals surface area (Å²) in [5, 5.41) is 0. The molecule has 154 valence electrons. The summed E-state index contributed by atoms with van der Waals surface area (Å²) in [4.78, 5) is 16.6. The van der Waals surface area contributed by atoms with E-state index in [0.717, 1.165) is 11.1 Å². The lowest BCUT2D eigenvalue weighted by Gasteiger charge is -2.09. The molecule has 0 spiro atoms. The van der Waals surface area contributed by atoms with Crippen LogP contribution in [0, 0.1) is 0 Å². The quantitative estimate of drug-likeness (QED) is 0.410. The van der Waals surface area contributed by atoms with Crippen molar-refractivity contribution >= 4 is 27.6 Å². The number of para-hydroxylation sites is 1. The molecule has 0 unspecified atom stereocenters. The molecule has 0 amide bonds. The van der Waals surface area contributed by atoms with Crippen LogP contribution in [0.1, 0.15) is 28.4 Å². The average molecular weight is 423 g/mol. The zero-order valence-corrected chi connectivity index (χ0v) is 17.3. The number of aromatic nitrogens is 1. The summed E-state index contributed by atoms with van der Waals surface area (Å²) in [7, 11) is -3.35. The molecule has 1 heterocycles. The van der Waals surface area contributed by atoms with Crippen LogP contribution in [0.2, 0.25) is 0 Å². The smallest absolute Gasteiger partial charge is 0.232 e. The van der Waals surface area contributed by atoms with Crippen LogP contribution in [0.4, 0.5) is 5.69 Å². The predicted molar refractivity (Wildman–Crippen MR) is 118 cm³/mol. The Labute approximate surface area is 176 Å². The number of carbonyl (C=O) groups excluding carboxylic acids is 1. The van der Waals surface area contributed by atoms with Crippen molar-refractivity contribution in [3.05, 3.63) is 95.8 Å². The summed E-state index contributed by atoms with van der Waals surface area (Å²) in [5.74, 6) is 0.454. The molecule has 0 atom stereocenters. The zero-order valence-electron chi connectivity index (χ0n) is 16.5. The molecule has 0 bridgehead atoms. The monoisotopic (exact) mass is 422 g/mol. The molecule has 6 nitrogen and oxygen atoms in total. The lowest BCUT2D eigenvalue weighted by molar-refractivity contribution is 0.104. The lowest BCUT2D eigenvalue weighted by Crippen LogP contribution is -2.14. The standard InChI is InChI=1S/C23H22N2O4S/c1-2-30(27,28)25-21-12-9-19(10-13-21)22(26)14-11-20-7-3-4-8-23(20)29-17-18-6-5-15-24-16-18/h3-16,25H,2,17H2,1H3/b14-11+. The highest BCUT2D eigenvalue weighted by Gasteiger charge is 2.08. The van der Waals surface area contributed by atoms with Crippen molar-refractivity contribution in [3.63, 3.8) is 0 Å². The number of rotatable bonds is 9. The molecule has 1 aromatic heterocycles. The van der Waals surface area contributed by atoms with Gasteiger partial charge >= 0.3 is 0 Å². The first-order valence-corrected chi connectivity index (χ1v) is 11.1. The molecular formula is C23H22N2O4S. The molecule has 30 heavy (non-hydrogen) atoms. The highest BCUT2D eigenvalue weighted by molar-refractivity contribution is 7.92. The number of pyridine rings is 1. The minimum atomic E-state index is -3.35. The van der Waals surface area contributed by atoms with E-state index in [2.05, 4.69) is 9.71 Å². The Kier molecular flexibility index (Phi) is 6.98. The van der Waals surface area contributed by atoms with E-state index in [4.69, 9.17) is 4.74 Å². The summed E-state index contributed by atoms with van der Waals surface area (Å²) in [6.45, 7) is 1.94. The maximum absolute atomic E-state index is 12.5. The maximum atomic E-state index is 12.5. The Hall–Kier alpha value is -3.45. The third kappa shape index (κ3) is 6.02. The summed E-state index contributed by atoms with van der Waals surface area (Å²) >= 11 is 0. The molecule has 3 rings (SSSR count). The van der Waals surface area contributed by atoms with Crippen LogP contribution in [0.5, 0.6) is 5.75 Å². The van der Waals surface area contributed by atoms with Crippen molar-refractivity contribution in [2.75, 3.05) is 10.5 Å². The number of sulfonamides is 1. The van der Waals surface area contributed by atoms with Gasteiger partial charge in [0.05, 0.1) is 5.75 Å². The van der Waals surface area contributed by atoms with E-state index in [9.17, 15) is 13.2 Å². The third-order valence-corrected chi connectivity index (χ3v) is 5.58. The van der Waals surface area contributed by atoms with E-state index in [1.54, 1.807) is 49.7 Å². The van der Waals surface area contributed by atoms with E-state index >= 15 is 0 Å². The van der Waals surface area contributed by atoms with Gasteiger partial charge in [-0.1, -0.05) is 24.3 Å². The van der Waals surface area contributed by atoms with Crippen molar-refractivity contribution in [2.24, 2.45) is 0 Å². The molecule has 0 aliphatic heterocycles. The molecule has 0 saturated carbocycles. The highest BCUT2D eigenvalue weighted by Crippen LogP contribution is 2.21. The molecule has 0 fully saturated rings. The summed E-state index contributed by atoms with van der Waals surface area (Å²) in [6.07, 6.45) is 6.62. The number of carbonyl (C=O) groups is 1. The van der Waals surface area contributed by atoms with Crippen LogP contribution in [0.15, 0.2) is 79.1 Å². The fourth-order valence-electron chi connectivity index (χ4n) is 2.61. The predicted octanol–water partition coefficient (Wildman–Crippen LogP) is 4.32. The van der Waals surface area contributed by atoms with E-state index in [-0.39, 0.29) is 11.5 Å². The average Bonchev–Trinajstić information content (AvgIpc) is 2.77. The van der Waals surface area contributed by atoms with E-state index < -0.39 is 10.0 Å². The van der Waals surface area contributed by atoms with Gasteiger partial charge in [-0.2, -0.15) is 0 Å². The van der Waals surface area contributed by atoms with E-state index in [0.29, 0.717) is 23.6 Å². The molecule has 3 aromatic rings. The van der Waals surface area contributed by atoms with Crippen LogP contribution in [-0.4, -0.2) is 24.9 Å². The molecule has 0 aliphatic carbocycles. The number of ether oxygens (including phenoxy) is 1. The Balaban J connectivity index is 1.67. The van der Waals surface area contributed by atoms with Gasteiger partial charge in [0, 0.05) is 34.8 Å². The Morgan fingerprint density at radius 1 is 1.07 bits per heavy atom. The second-order valence-corrected chi connectivity index (χ2v) is 8.48. The number of hydrogen-bond acceptors (Lipinski definition) is 5. The van der Waals surface area contributed by atoms with Gasteiger partial charge in [0.2, 0.25) is 10.0 Å². The molecule has 1 N–H and O–H groups in total. The minimum Gasteiger partial charge on any atom is -0.488 e. The number of ketones is 1. The van der Waals surface area contributed by atoms with Crippen LogP contribution in [-0.2, 0) is 16.6 Å². The van der Waals surface area contributed by atoms with Gasteiger partial charge in [-0.3, -0.25) is 14.5 Å². The maximum Gasteiger partial charge on any atom is 0.232 e. The van der Waals surface area contributed by atoms with Crippen molar-refractivity contribution < 1.29 is 17.9 Å². The number of nitrogens with one attached hydrogen (secondary N) is 1. The Morgan fingerprint density at radius 2 is 1.83 bits per heavy atom. The lowest BCUT2D eigenvalue weighted by atomic mass is 10.1. The van der Waals surface area contributed by atoms with Crippen LogP contribution in [0.25, 0.3) is 6.08 Å². The third-order valence-electron chi connectivity index (χ3n) is 4.27. The first-order valence-electron chi connectivity index (χ1n) is 9.40. The molecule has 0 radical (unpaired) electrons. The second-order valence-electron chi connectivity index (χ2n) is 6.47. The summed E-state index contributed by atoms with van der Waals surface area (Å²) in [5.41, 5.74) is 2.61. The SMILES string of the molecule is CCS(=O)(=O)Nc1ccc(C(=O)/C=C/c2ccccc2OCc2cccnc2)cc1. The number of allylic oxidation sites excluding steroid dienone is 1. The van der Waals surface area contributed by atoms with Crippen molar-refractivity contribution in [2.45, 2.75) is 13.5 Å². The summed E-state index contributed by atoms with van der Waals surface area (Å²) < 4.78 is 31.6. The largest absolute Gasteiger partial charge is 0.488 e. The van der Waals surface area contributed by atoms with Gasteiger partial charge in [-0.15, -0.1) is 0 Å².